The fourth-order valence-corrected chi connectivity index (χ4v) is 3.87. The maximum absolute atomic E-state index is 11.8. The standard InChI is InChI=1S/C20H21N3O3S/c1-5-26-20(24)23-19-22-16(14-9-7-6-8-10-14)18(27-19)15-13(3)17(25-4)12(2)11-21-15/h6-11H,5H2,1-4H3,(H,22,23,24). The van der Waals surface area contributed by atoms with Gasteiger partial charge in [0.05, 0.1) is 30.0 Å². The number of methoxy groups -OCH3 is 1. The number of amides is 1. The van der Waals surface area contributed by atoms with Crippen molar-refractivity contribution in [2.24, 2.45) is 0 Å². The van der Waals surface area contributed by atoms with Gasteiger partial charge in [-0.1, -0.05) is 41.7 Å². The van der Waals surface area contributed by atoms with Crippen molar-refractivity contribution in [1.82, 2.24) is 9.97 Å². The van der Waals surface area contributed by atoms with Gasteiger partial charge in [0.25, 0.3) is 0 Å². The largest absolute Gasteiger partial charge is 0.496 e. The second-order valence-corrected chi connectivity index (χ2v) is 6.86. The predicted molar refractivity (Wildman–Crippen MR) is 107 cm³/mol. The molecule has 140 valence electrons. The van der Waals surface area contributed by atoms with E-state index in [2.05, 4.69) is 15.3 Å². The van der Waals surface area contributed by atoms with Crippen molar-refractivity contribution in [1.29, 1.82) is 0 Å². The average Bonchev–Trinajstić information content (AvgIpc) is 3.06. The Bertz CT molecular complexity index is 955. The van der Waals surface area contributed by atoms with Crippen LogP contribution in [0.5, 0.6) is 5.75 Å². The number of aromatic nitrogens is 2. The van der Waals surface area contributed by atoms with Gasteiger partial charge in [-0.2, -0.15) is 0 Å². The van der Waals surface area contributed by atoms with E-state index in [4.69, 9.17) is 9.47 Å². The molecule has 6 nitrogen and oxygen atoms in total. The van der Waals surface area contributed by atoms with Crippen molar-refractivity contribution in [2.45, 2.75) is 20.8 Å². The molecule has 27 heavy (non-hydrogen) atoms. The van der Waals surface area contributed by atoms with Crippen LogP contribution in [-0.4, -0.2) is 29.8 Å². The third-order valence-corrected chi connectivity index (χ3v) is 5.00. The molecule has 0 bridgehead atoms. The molecule has 1 N–H and O–H groups in total. The van der Waals surface area contributed by atoms with Gasteiger partial charge in [0.2, 0.25) is 0 Å². The fraction of sp³-hybridized carbons (Fsp3) is 0.250. The molecule has 0 radical (unpaired) electrons. The van der Waals surface area contributed by atoms with Gasteiger partial charge in [-0.3, -0.25) is 10.3 Å². The highest BCUT2D eigenvalue weighted by Crippen LogP contribution is 2.41. The maximum Gasteiger partial charge on any atom is 0.413 e. The van der Waals surface area contributed by atoms with E-state index in [9.17, 15) is 4.79 Å². The number of benzene rings is 1. The van der Waals surface area contributed by atoms with Gasteiger partial charge in [0.1, 0.15) is 5.75 Å². The van der Waals surface area contributed by atoms with Crippen molar-refractivity contribution in [3.05, 3.63) is 47.7 Å². The molecule has 3 aromatic rings. The number of ether oxygens (including phenoxy) is 2. The predicted octanol–water partition coefficient (Wildman–Crippen LogP) is 5.07. The number of aryl methyl sites for hydroxylation is 1. The van der Waals surface area contributed by atoms with Gasteiger partial charge in [-0.25, -0.2) is 9.78 Å². The van der Waals surface area contributed by atoms with Crippen LogP contribution in [0.3, 0.4) is 0 Å². The van der Waals surface area contributed by atoms with E-state index in [0.717, 1.165) is 38.7 Å². The Morgan fingerprint density at radius 3 is 2.59 bits per heavy atom. The maximum atomic E-state index is 11.8. The van der Waals surface area contributed by atoms with Gasteiger partial charge in [-0.15, -0.1) is 0 Å². The van der Waals surface area contributed by atoms with Gasteiger partial charge in [-0.05, 0) is 20.8 Å². The quantitative estimate of drug-likeness (QED) is 0.666. The van der Waals surface area contributed by atoms with Crippen LogP contribution in [0.4, 0.5) is 9.93 Å². The summed E-state index contributed by atoms with van der Waals surface area (Å²) < 4.78 is 10.5. The van der Waals surface area contributed by atoms with E-state index in [1.807, 2.05) is 44.2 Å². The third-order valence-electron chi connectivity index (χ3n) is 4.02. The molecule has 2 heterocycles. The summed E-state index contributed by atoms with van der Waals surface area (Å²) in [6.07, 6.45) is 1.26. The molecule has 1 amide bonds. The molecule has 0 saturated carbocycles. The summed E-state index contributed by atoms with van der Waals surface area (Å²) in [5.41, 5.74) is 4.39. The zero-order valence-electron chi connectivity index (χ0n) is 15.7. The van der Waals surface area contributed by atoms with Crippen LogP contribution < -0.4 is 10.1 Å². The molecule has 0 atom stereocenters. The minimum absolute atomic E-state index is 0.297. The Morgan fingerprint density at radius 2 is 1.93 bits per heavy atom. The molecule has 1 aromatic carbocycles. The van der Waals surface area contributed by atoms with Crippen molar-refractivity contribution >= 4 is 22.6 Å². The summed E-state index contributed by atoms with van der Waals surface area (Å²) >= 11 is 1.36. The van der Waals surface area contributed by atoms with Crippen molar-refractivity contribution in [3.63, 3.8) is 0 Å². The van der Waals surface area contributed by atoms with Crippen molar-refractivity contribution in [3.8, 4) is 27.6 Å². The molecule has 0 spiro atoms. The van der Waals surface area contributed by atoms with Gasteiger partial charge in [0, 0.05) is 22.9 Å². The van der Waals surface area contributed by atoms with Gasteiger partial charge < -0.3 is 9.47 Å². The summed E-state index contributed by atoms with van der Waals surface area (Å²) in [4.78, 5) is 21.9. The van der Waals surface area contributed by atoms with Crippen LogP contribution in [0.2, 0.25) is 0 Å². The first kappa shape index (κ1) is 18.8. The van der Waals surface area contributed by atoms with Crippen LogP contribution in [0.15, 0.2) is 36.5 Å². The SMILES string of the molecule is CCOC(=O)Nc1nc(-c2ccccc2)c(-c2ncc(C)c(OC)c2C)s1. The lowest BCUT2D eigenvalue weighted by Gasteiger charge is -2.12. The number of carbonyl (C=O) groups is 1. The Kier molecular flexibility index (Phi) is 5.71. The lowest BCUT2D eigenvalue weighted by atomic mass is 10.1. The van der Waals surface area contributed by atoms with Gasteiger partial charge >= 0.3 is 6.09 Å². The number of anilines is 1. The first-order valence-electron chi connectivity index (χ1n) is 8.55. The molecular formula is C20H21N3O3S. The second kappa shape index (κ2) is 8.18. The van der Waals surface area contributed by atoms with E-state index < -0.39 is 6.09 Å². The summed E-state index contributed by atoms with van der Waals surface area (Å²) in [6, 6.07) is 9.81. The monoisotopic (exact) mass is 383 g/mol. The van der Waals surface area contributed by atoms with E-state index in [-0.39, 0.29) is 0 Å². The lowest BCUT2D eigenvalue weighted by molar-refractivity contribution is 0.168. The van der Waals surface area contributed by atoms with E-state index in [1.54, 1.807) is 20.2 Å². The summed E-state index contributed by atoms with van der Waals surface area (Å²) in [7, 11) is 1.65. The minimum atomic E-state index is -0.524. The van der Waals surface area contributed by atoms with Crippen molar-refractivity contribution < 1.29 is 14.3 Å². The highest BCUT2D eigenvalue weighted by Gasteiger charge is 2.21. The van der Waals surface area contributed by atoms with Crippen LogP contribution in [0.1, 0.15) is 18.1 Å². The van der Waals surface area contributed by atoms with Crippen LogP contribution in [0.25, 0.3) is 21.8 Å². The first-order chi connectivity index (χ1) is 13.0. The summed E-state index contributed by atoms with van der Waals surface area (Å²) in [5.74, 6) is 0.798. The van der Waals surface area contributed by atoms with Gasteiger partial charge in [0.15, 0.2) is 5.13 Å². The van der Waals surface area contributed by atoms with Crippen LogP contribution in [-0.2, 0) is 4.74 Å². The minimum Gasteiger partial charge on any atom is -0.496 e. The summed E-state index contributed by atoms with van der Waals surface area (Å²) in [5, 5.41) is 3.15. The topological polar surface area (TPSA) is 73.3 Å². The van der Waals surface area contributed by atoms with E-state index in [1.165, 1.54) is 11.3 Å². The Morgan fingerprint density at radius 1 is 1.19 bits per heavy atom. The zero-order chi connectivity index (χ0) is 19.4. The molecule has 0 aliphatic carbocycles. The van der Waals surface area contributed by atoms with E-state index in [0.29, 0.717) is 11.7 Å². The first-order valence-corrected chi connectivity index (χ1v) is 9.37. The highest BCUT2D eigenvalue weighted by atomic mass is 32.1. The number of rotatable bonds is 5. The smallest absolute Gasteiger partial charge is 0.413 e. The fourth-order valence-electron chi connectivity index (χ4n) is 2.84. The molecule has 0 aliphatic rings. The molecular weight excluding hydrogens is 362 g/mol. The number of nitrogens with one attached hydrogen (secondary N) is 1. The Labute approximate surface area is 162 Å². The molecule has 3 rings (SSSR count). The van der Waals surface area contributed by atoms with Crippen LogP contribution >= 0.6 is 11.3 Å². The molecule has 0 unspecified atom stereocenters. The molecule has 2 aromatic heterocycles. The van der Waals surface area contributed by atoms with Crippen LogP contribution in [0, 0.1) is 13.8 Å². The molecule has 0 fully saturated rings. The molecule has 0 aliphatic heterocycles. The summed E-state index contributed by atoms with van der Waals surface area (Å²) in [6.45, 7) is 5.99. The number of hydrogen-bond acceptors (Lipinski definition) is 6. The van der Waals surface area contributed by atoms with Crippen molar-refractivity contribution in [2.75, 3.05) is 19.0 Å². The Balaban J connectivity index is 2.14. The average molecular weight is 383 g/mol. The zero-order valence-corrected chi connectivity index (χ0v) is 16.5. The number of nitrogens with zero attached hydrogens (tertiary/aromatic N) is 2. The normalized spacial score (nSPS) is 10.5. The lowest BCUT2D eigenvalue weighted by Crippen LogP contribution is -2.12. The Hall–Kier alpha value is -2.93. The molecule has 0 saturated heterocycles. The highest BCUT2D eigenvalue weighted by molar-refractivity contribution is 7.19. The number of hydrogen-bond donors (Lipinski definition) is 1. The number of carbonyl (C=O) groups excluding carboxylic acids is 1. The second-order valence-electron chi connectivity index (χ2n) is 5.86. The van der Waals surface area contributed by atoms with E-state index >= 15 is 0 Å². The number of pyridine rings is 1. The number of thiazole rings is 1. The molecule has 7 heteroatoms. The third kappa shape index (κ3) is 3.93.